The molecule has 6 nitrogen and oxygen atoms in total. The van der Waals surface area contributed by atoms with Crippen molar-refractivity contribution in [2.45, 2.75) is 44.4 Å². The number of piperidine rings is 2. The number of sulfonamides is 1. The number of halogens is 1. The molecule has 0 aromatic heterocycles. The summed E-state index contributed by atoms with van der Waals surface area (Å²) < 4.78 is 27.4. The first kappa shape index (κ1) is 21.6. The summed E-state index contributed by atoms with van der Waals surface area (Å²) in [6.07, 6.45) is 3.98. The highest BCUT2D eigenvalue weighted by molar-refractivity contribution is 7.89. The largest absolute Gasteiger partial charge is 0.327 e. The fourth-order valence-electron chi connectivity index (χ4n) is 4.52. The van der Waals surface area contributed by atoms with Gasteiger partial charge in [-0.25, -0.2) is 8.42 Å². The summed E-state index contributed by atoms with van der Waals surface area (Å²) in [5, 5.41) is 3.05. The summed E-state index contributed by atoms with van der Waals surface area (Å²) in [4.78, 5) is 13.9. The molecule has 0 unspecified atom stereocenters. The first-order valence-electron chi connectivity index (χ1n) is 10.2. The predicted octanol–water partition coefficient (Wildman–Crippen LogP) is 2.01. The highest BCUT2D eigenvalue weighted by atomic mass is 35.5. The van der Waals surface area contributed by atoms with Gasteiger partial charge in [0.25, 0.3) is 5.91 Å². The van der Waals surface area contributed by atoms with E-state index >= 15 is 0 Å². The van der Waals surface area contributed by atoms with Gasteiger partial charge in [0, 0.05) is 30.6 Å². The van der Waals surface area contributed by atoms with Gasteiger partial charge in [0.15, 0.2) is 6.54 Å². The van der Waals surface area contributed by atoms with Crippen molar-refractivity contribution in [3.05, 3.63) is 23.2 Å². The van der Waals surface area contributed by atoms with Gasteiger partial charge in [-0.2, -0.15) is 4.31 Å². The van der Waals surface area contributed by atoms with Gasteiger partial charge in [-0.05, 0) is 37.5 Å². The molecule has 8 heteroatoms. The number of nitrogens with one attached hydrogen (secondary N) is 2. The topological polar surface area (TPSA) is 70.9 Å². The van der Waals surface area contributed by atoms with Crippen LogP contribution in [0, 0.1) is 11.8 Å². The van der Waals surface area contributed by atoms with E-state index in [1.807, 2.05) is 0 Å². The lowest BCUT2D eigenvalue weighted by Crippen LogP contribution is -3.15. The molecule has 0 aliphatic carbocycles. The van der Waals surface area contributed by atoms with Gasteiger partial charge < -0.3 is 10.2 Å². The van der Waals surface area contributed by atoms with Crippen molar-refractivity contribution in [2.75, 3.05) is 38.0 Å². The van der Waals surface area contributed by atoms with Crippen LogP contribution in [0.2, 0.25) is 5.02 Å². The Labute approximate surface area is 173 Å². The molecule has 0 bridgehead atoms. The third kappa shape index (κ3) is 5.26. The van der Waals surface area contributed by atoms with Gasteiger partial charge >= 0.3 is 0 Å². The number of hydrogen-bond donors (Lipinski definition) is 2. The smallest absolute Gasteiger partial charge is 0.279 e. The Hall–Kier alpha value is -1.15. The fraction of sp³-hybridized carbons (Fsp3) is 0.650. The van der Waals surface area contributed by atoms with E-state index in [0.717, 1.165) is 32.4 Å². The van der Waals surface area contributed by atoms with Crippen LogP contribution < -0.4 is 10.2 Å². The molecule has 1 aromatic rings. The maximum absolute atomic E-state index is 13.0. The number of amides is 1. The first-order chi connectivity index (χ1) is 13.3. The van der Waals surface area contributed by atoms with Crippen LogP contribution in [0.1, 0.15) is 39.5 Å². The first-order valence-corrected chi connectivity index (χ1v) is 12.0. The molecule has 156 valence electrons. The number of carbonyl (C=O) groups excluding carboxylic acids is 1. The fourth-order valence-corrected chi connectivity index (χ4v) is 6.54. The van der Waals surface area contributed by atoms with Crippen LogP contribution in [0.5, 0.6) is 0 Å². The number of quaternary nitrogens is 1. The van der Waals surface area contributed by atoms with Gasteiger partial charge in [-0.15, -0.1) is 0 Å². The van der Waals surface area contributed by atoms with Crippen LogP contribution in [0.4, 0.5) is 5.69 Å². The Morgan fingerprint density at radius 2 is 1.82 bits per heavy atom. The third-order valence-corrected chi connectivity index (χ3v) is 8.02. The molecule has 0 spiro atoms. The van der Waals surface area contributed by atoms with Gasteiger partial charge in [0.05, 0.1) is 18.1 Å². The minimum Gasteiger partial charge on any atom is -0.327 e. The normalized spacial score (nSPS) is 26.8. The Morgan fingerprint density at radius 3 is 2.46 bits per heavy atom. The molecule has 0 radical (unpaired) electrons. The van der Waals surface area contributed by atoms with Gasteiger partial charge in [0.1, 0.15) is 4.90 Å². The minimum atomic E-state index is -3.65. The van der Waals surface area contributed by atoms with Crippen molar-refractivity contribution in [1.29, 1.82) is 0 Å². The van der Waals surface area contributed by atoms with E-state index in [1.165, 1.54) is 21.7 Å². The molecular weight excluding hydrogens is 398 g/mol. The number of carbonyl (C=O) groups is 1. The van der Waals surface area contributed by atoms with E-state index in [9.17, 15) is 13.2 Å². The van der Waals surface area contributed by atoms with Crippen LogP contribution in [-0.4, -0.2) is 51.4 Å². The Kier molecular flexibility index (Phi) is 7.02. The highest BCUT2D eigenvalue weighted by Crippen LogP contribution is 2.29. The number of hydrogen-bond acceptors (Lipinski definition) is 3. The summed E-state index contributed by atoms with van der Waals surface area (Å²) >= 11 is 6.20. The van der Waals surface area contributed by atoms with E-state index in [2.05, 4.69) is 19.2 Å². The Morgan fingerprint density at radius 1 is 1.18 bits per heavy atom. The van der Waals surface area contributed by atoms with Crippen molar-refractivity contribution >= 4 is 33.2 Å². The molecule has 2 fully saturated rings. The van der Waals surface area contributed by atoms with E-state index in [4.69, 9.17) is 11.6 Å². The lowest BCUT2D eigenvalue weighted by Gasteiger charge is -2.31. The minimum absolute atomic E-state index is 0.0708. The SMILES string of the molecule is C[C@@H]1C[C@@H](C)C[NH+](CC(=O)Nc2ccc(Cl)c(S(=O)(=O)N3CCCCC3)c2)C1. The summed E-state index contributed by atoms with van der Waals surface area (Å²) in [7, 11) is -3.65. The number of nitrogens with zero attached hydrogens (tertiary/aromatic N) is 1. The van der Waals surface area contributed by atoms with Crippen molar-refractivity contribution in [1.82, 2.24) is 4.31 Å². The molecule has 1 amide bonds. The van der Waals surface area contributed by atoms with Crippen molar-refractivity contribution in [3.8, 4) is 0 Å². The van der Waals surface area contributed by atoms with Crippen LogP contribution in [0.25, 0.3) is 0 Å². The van der Waals surface area contributed by atoms with E-state index < -0.39 is 10.0 Å². The average Bonchev–Trinajstić information content (AvgIpc) is 2.63. The summed E-state index contributed by atoms with van der Waals surface area (Å²) in [5.41, 5.74) is 0.475. The van der Waals surface area contributed by atoms with Gasteiger partial charge in [-0.1, -0.05) is 31.9 Å². The van der Waals surface area contributed by atoms with Crippen LogP contribution >= 0.6 is 11.6 Å². The molecule has 2 N–H and O–H groups in total. The average molecular weight is 429 g/mol. The quantitative estimate of drug-likeness (QED) is 0.753. The monoisotopic (exact) mass is 428 g/mol. The number of benzene rings is 1. The molecular formula is C20H31ClN3O3S+. The number of anilines is 1. The van der Waals surface area contributed by atoms with Crippen molar-refractivity contribution in [2.24, 2.45) is 11.8 Å². The summed E-state index contributed by atoms with van der Waals surface area (Å²) in [6.45, 7) is 7.87. The van der Waals surface area contributed by atoms with Gasteiger partial charge in [-0.3, -0.25) is 4.79 Å². The zero-order valence-corrected chi connectivity index (χ0v) is 18.3. The lowest BCUT2D eigenvalue weighted by molar-refractivity contribution is -0.904. The number of likely N-dealkylation sites (tertiary alicyclic amines) is 1. The molecule has 28 heavy (non-hydrogen) atoms. The molecule has 2 atom stereocenters. The standard InChI is InChI=1S/C20H30ClN3O3S/c1-15-10-16(2)13-23(12-15)14-20(25)22-17-6-7-18(21)19(11-17)28(26,27)24-8-4-3-5-9-24/h6-7,11,15-16H,3-5,8-10,12-14H2,1-2H3,(H,22,25)/p+1/t15-,16-/m1/s1. The molecule has 3 rings (SSSR count). The zero-order valence-electron chi connectivity index (χ0n) is 16.7. The summed E-state index contributed by atoms with van der Waals surface area (Å²) in [5.74, 6) is 1.13. The Bertz CT molecular complexity index is 799. The molecule has 2 heterocycles. The number of rotatable bonds is 5. The second-order valence-corrected chi connectivity index (χ2v) is 10.8. The molecule has 2 aliphatic rings. The van der Waals surface area contributed by atoms with E-state index in [0.29, 0.717) is 37.2 Å². The lowest BCUT2D eigenvalue weighted by atomic mass is 9.92. The van der Waals surface area contributed by atoms with Crippen molar-refractivity contribution in [3.63, 3.8) is 0 Å². The molecule has 2 aliphatic heterocycles. The van der Waals surface area contributed by atoms with Crippen LogP contribution in [-0.2, 0) is 14.8 Å². The van der Waals surface area contributed by atoms with Crippen LogP contribution in [0.15, 0.2) is 23.1 Å². The molecule has 0 saturated carbocycles. The second-order valence-electron chi connectivity index (χ2n) is 8.44. The predicted molar refractivity (Wildman–Crippen MR) is 111 cm³/mol. The van der Waals surface area contributed by atoms with E-state index in [-0.39, 0.29) is 15.8 Å². The third-order valence-electron chi connectivity index (χ3n) is 5.64. The summed E-state index contributed by atoms with van der Waals surface area (Å²) in [6, 6.07) is 4.69. The van der Waals surface area contributed by atoms with E-state index in [1.54, 1.807) is 12.1 Å². The highest BCUT2D eigenvalue weighted by Gasteiger charge is 2.29. The van der Waals surface area contributed by atoms with Crippen LogP contribution in [0.3, 0.4) is 0 Å². The molecule has 1 aromatic carbocycles. The Balaban J connectivity index is 1.69. The van der Waals surface area contributed by atoms with Gasteiger partial charge in [0.2, 0.25) is 10.0 Å². The van der Waals surface area contributed by atoms with Crippen molar-refractivity contribution < 1.29 is 18.1 Å². The maximum atomic E-state index is 13.0. The maximum Gasteiger partial charge on any atom is 0.279 e. The second kappa shape index (κ2) is 9.11. The molecule has 2 saturated heterocycles. The zero-order chi connectivity index (χ0) is 20.3.